The minimum Gasteiger partial charge on any atom is -0.461 e. The van der Waals surface area contributed by atoms with E-state index in [1.807, 2.05) is 60.7 Å². The van der Waals surface area contributed by atoms with Crippen LogP contribution in [-0.4, -0.2) is 12.5 Å². The number of benzene rings is 2. The van der Waals surface area contributed by atoms with Crippen LogP contribution in [0.1, 0.15) is 17.4 Å². The topological polar surface area (TPSA) is 68.3 Å². The van der Waals surface area contributed by atoms with Gasteiger partial charge in [-0.15, -0.1) is 0 Å². The van der Waals surface area contributed by atoms with Crippen molar-refractivity contribution in [3.05, 3.63) is 72.0 Å². The quantitative estimate of drug-likeness (QED) is 0.734. The Morgan fingerprint density at radius 1 is 1.09 bits per heavy atom. The van der Waals surface area contributed by atoms with Gasteiger partial charge in [-0.25, -0.2) is 0 Å². The maximum atomic E-state index is 11.6. The third-order valence-electron chi connectivity index (χ3n) is 3.61. The van der Waals surface area contributed by atoms with Gasteiger partial charge in [-0.2, -0.15) is 0 Å². The van der Waals surface area contributed by atoms with Crippen molar-refractivity contribution < 1.29 is 9.21 Å². The minimum atomic E-state index is -0.481. The molecule has 0 fully saturated rings. The minimum absolute atomic E-state index is 0.379. The number of rotatable bonds is 6. The maximum Gasteiger partial charge on any atom is 0.239 e. The number of primary amides is 1. The Bertz CT molecular complexity index is 732. The Hall–Kier alpha value is -2.59. The third-order valence-corrected chi connectivity index (χ3v) is 3.61. The summed E-state index contributed by atoms with van der Waals surface area (Å²) in [5.74, 6) is 0.515. The average Bonchev–Trinajstić information content (AvgIpc) is 2.94. The molecule has 0 saturated heterocycles. The molecule has 22 heavy (non-hydrogen) atoms. The van der Waals surface area contributed by atoms with Gasteiger partial charge in [0.25, 0.3) is 0 Å². The lowest BCUT2D eigenvalue weighted by atomic mass is 10.1. The summed E-state index contributed by atoms with van der Waals surface area (Å²) >= 11 is 0. The summed E-state index contributed by atoms with van der Waals surface area (Å²) in [7, 11) is 0. The van der Waals surface area contributed by atoms with Crippen LogP contribution in [-0.2, 0) is 11.2 Å². The fourth-order valence-electron chi connectivity index (χ4n) is 2.53. The molecule has 4 nitrogen and oxygen atoms in total. The zero-order chi connectivity index (χ0) is 15.4. The van der Waals surface area contributed by atoms with Gasteiger partial charge in [0.05, 0.1) is 0 Å². The molecule has 0 unspecified atom stereocenters. The predicted octanol–water partition coefficient (Wildman–Crippen LogP) is 2.79. The fourth-order valence-corrected chi connectivity index (χ4v) is 2.53. The highest BCUT2D eigenvalue weighted by atomic mass is 16.3. The van der Waals surface area contributed by atoms with Crippen LogP contribution >= 0.6 is 0 Å². The number of fused-ring (bicyclic) bond motifs is 1. The average molecular weight is 294 g/mol. The number of para-hydroxylation sites is 1. The normalized spacial score (nSPS) is 12.4. The van der Waals surface area contributed by atoms with Gasteiger partial charge >= 0.3 is 0 Å². The van der Waals surface area contributed by atoms with Gasteiger partial charge < -0.3 is 15.5 Å². The summed E-state index contributed by atoms with van der Waals surface area (Å²) in [6, 6.07) is 18.9. The molecule has 1 heterocycles. The SMILES string of the molecule is NC(=O)[C@@H](NCCc1cc2ccccc2o1)c1ccccc1. The van der Waals surface area contributed by atoms with E-state index in [9.17, 15) is 4.79 Å². The first-order valence-electron chi connectivity index (χ1n) is 7.29. The Balaban J connectivity index is 1.64. The highest BCUT2D eigenvalue weighted by molar-refractivity contribution is 5.81. The van der Waals surface area contributed by atoms with E-state index in [2.05, 4.69) is 5.32 Å². The molecule has 4 heteroatoms. The summed E-state index contributed by atoms with van der Waals surface area (Å²) in [5, 5.41) is 4.28. The second-order valence-corrected chi connectivity index (χ2v) is 5.20. The number of nitrogens with one attached hydrogen (secondary N) is 1. The van der Waals surface area contributed by atoms with Crippen LogP contribution in [0.5, 0.6) is 0 Å². The molecule has 3 N–H and O–H groups in total. The summed E-state index contributed by atoms with van der Waals surface area (Å²) < 4.78 is 5.76. The van der Waals surface area contributed by atoms with Crippen LogP contribution in [0.2, 0.25) is 0 Å². The molecule has 0 spiro atoms. The zero-order valence-corrected chi connectivity index (χ0v) is 12.2. The van der Waals surface area contributed by atoms with E-state index in [0.717, 1.165) is 22.3 Å². The van der Waals surface area contributed by atoms with Crippen molar-refractivity contribution >= 4 is 16.9 Å². The first kappa shape index (κ1) is 14.4. The number of hydrogen-bond acceptors (Lipinski definition) is 3. The number of nitrogens with two attached hydrogens (primary N) is 1. The maximum absolute atomic E-state index is 11.6. The molecule has 2 aromatic carbocycles. The van der Waals surface area contributed by atoms with Gasteiger partial charge in [0, 0.05) is 18.4 Å². The van der Waals surface area contributed by atoms with E-state index in [1.54, 1.807) is 0 Å². The molecular formula is C18H18N2O2. The highest BCUT2D eigenvalue weighted by Crippen LogP contribution is 2.19. The molecular weight excluding hydrogens is 276 g/mol. The van der Waals surface area contributed by atoms with Crippen LogP contribution in [0.4, 0.5) is 0 Å². The second kappa shape index (κ2) is 6.45. The largest absolute Gasteiger partial charge is 0.461 e. The molecule has 1 aromatic heterocycles. The second-order valence-electron chi connectivity index (χ2n) is 5.20. The number of amides is 1. The van der Waals surface area contributed by atoms with Gasteiger partial charge in [-0.05, 0) is 17.7 Å². The van der Waals surface area contributed by atoms with Crippen molar-refractivity contribution in [1.82, 2.24) is 5.32 Å². The molecule has 0 saturated carbocycles. The monoisotopic (exact) mass is 294 g/mol. The van der Waals surface area contributed by atoms with Crippen LogP contribution in [0.3, 0.4) is 0 Å². The summed E-state index contributed by atoms with van der Waals surface area (Å²) in [4.78, 5) is 11.6. The van der Waals surface area contributed by atoms with E-state index in [4.69, 9.17) is 10.2 Å². The third kappa shape index (κ3) is 3.18. The molecule has 3 aromatic rings. The summed E-state index contributed by atoms with van der Waals surface area (Å²) in [6.07, 6.45) is 0.700. The number of hydrogen-bond donors (Lipinski definition) is 2. The first-order chi connectivity index (χ1) is 10.7. The standard InChI is InChI=1S/C18H18N2O2/c19-18(21)17(13-6-2-1-3-7-13)20-11-10-15-12-14-8-4-5-9-16(14)22-15/h1-9,12,17,20H,10-11H2,(H2,19,21)/t17-/m0/s1. The number of carbonyl (C=O) groups excluding carboxylic acids is 1. The van der Waals surface area contributed by atoms with Crippen LogP contribution < -0.4 is 11.1 Å². The van der Waals surface area contributed by atoms with Gasteiger partial charge in [0.2, 0.25) is 5.91 Å². The Kier molecular flexibility index (Phi) is 4.21. The fraction of sp³-hybridized carbons (Fsp3) is 0.167. The Labute approximate surface area is 128 Å². The van der Waals surface area contributed by atoms with E-state index >= 15 is 0 Å². The molecule has 3 rings (SSSR count). The highest BCUT2D eigenvalue weighted by Gasteiger charge is 2.16. The summed E-state index contributed by atoms with van der Waals surface area (Å²) in [5.41, 5.74) is 7.24. The van der Waals surface area contributed by atoms with Gasteiger partial charge in [-0.1, -0.05) is 48.5 Å². The molecule has 1 atom stereocenters. The molecule has 0 aliphatic rings. The van der Waals surface area contributed by atoms with Gasteiger partial charge in [-0.3, -0.25) is 4.79 Å². The van der Waals surface area contributed by atoms with E-state index in [0.29, 0.717) is 13.0 Å². The first-order valence-corrected chi connectivity index (χ1v) is 7.29. The van der Waals surface area contributed by atoms with Crippen LogP contribution in [0.15, 0.2) is 65.1 Å². The van der Waals surface area contributed by atoms with Crippen molar-refractivity contribution in [2.45, 2.75) is 12.5 Å². The van der Waals surface area contributed by atoms with E-state index < -0.39 is 6.04 Å². The van der Waals surface area contributed by atoms with Crippen molar-refractivity contribution in [3.8, 4) is 0 Å². The van der Waals surface area contributed by atoms with Crippen LogP contribution in [0.25, 0.3) is 11.0 Å². The number of carbonyl (C=O) groups is 1. The zero-order valence-electron chi connectivity index (χ0n) is 12.2. The predicted molar refractivity (Wildman–Crippen MR) is 86.3 cm³/mol. The van der Waals surface area contributed by atoms with Crippen molar-refractivity contribution in [3.63, 3.8) is 0 Å². The van der Waals surface area contributed by atoms with Crippen molar-refractivity contribution in [2.24, 2.45) is 5.73 Å². The molecule has 0 radical (unpaired) electrons. The smallest absolute Gasteiger partial charge is 0.239 e. The van der Waals surface area contributed by atoms with Crippen LogP contribution in [0, 0.1) is 0 Å². The Morgan fingerprint density at radius 2 is 1.82 bits per heavy atom. The van der Waals surface area contributed by atoms with Gasteiger partial charge in [0.1, 0.15) is 17.4 Å². The lowest BCUT2D eigenvalue weighted by Crippen LogP contribution is -2.34. The molecule has 0 aliphatic heterocycles. The van der Waals surface area contributed by atoms with Crippen molar-refractivity contribution in [2.75, 3.05) is 6.54 Å². The van der Waals surface area contributed by atoms with Crippen molar-refractivity contribution in [1.29, 1.82) is 0 Å². The summed E-state index contributed by atoms with van der Waals surface area (Å²) in [6.45, 7) is 0.613. The lowest BCUT2D eigenvalue weighted by molar-refractivity contribution is -0.120. The molecule has 1 amide bonds. The molecule has 112 valence electrons. The number of furan rings is 1. The molecule has 0 aliphatic carbocycles. The Morgan fingerprint density at radius 3 is 2.55 bits per heavy atom. The molecule has 0 bridgehead atoms. The van der Waals surface area contributed by atoms with Gasteiger partial charge in [0.15, 0.2) is 0 Å². The lowest BCUT2D eigenvalue weighted by Gasteiger charge is -2.15. The van der Waals surface area contributed by atoms with E-state index in [1.165, 1.54) is 0 Å². The van der Waals surface area contributed by atoms with E-state index in [-0.39, 0.29) is 5.91 Å².